The van der Waals surface area contributed by atoms with Crippen molar-refractivity contribution in [2.24, 2.45) is 17.8 Å². The van der Waals surface area contributed by atoms with Crippen molar-refractivity contribution in [1.29, 1.82) is 0 Å². The second kappa shape index (κ2) is 6.79. The molecule has 29 heavy (non-hydrogen) atoms. The molecule has 158 valence electrons. The Kier molecular flexibility index (Phi) is 4.46. The van der Waals surface area contributed by atoms with E-state index in [4.69, 9.17) is 0 Å². The normalized spacial score (nSPS) is 34.0. The van der Waals surface area contributed by atoms with E-state index in [1.165, 1.54) is 43.2 Å². The second-order valence-electron chi connectivity index (χ2n) is 10.1. The molecule has 8 heteroatoms. The summed E-state index contributed by atoms with van der Waals surface area (Å²) in [4.78, 5) is 27.3. The number of piperazine rings is 1. The van der Waals surface area contributed by atoms with E-state index in [2.05, 4.69) is 5.10 Å². The fourth-order valence-electron chi connectivity index (χ4n) is 7.43. The summed E-state index contributed by atoms with van der Waals surface area (Å²) in [5.41, 5.74) is 1.34. The van der Waals surface area contributed by atoms with Crippen LogP contribution >= 0.6 is 0 Å². The highest BCUT2D eigenvalue weighted by Gasteiger charge is 2.56. The molecule has 0 aromatic carbocycles. The number of amides is 1. The Balaban J connectivity index is 1.22. The van der Waals surface area contributed by atoms with Crippen LogP contribution in [0.1, 0.15) is 49.9 Å². The zero-order valence-corrected chi connectivity index (χ0v) is 17.5. The number of carbonyl (C=O) groups is 1. The number of rotatable bonds is 4. The van der Waals surface area contributed by atoms with Gasteiger partial charge in [-0.1, -0.05) is 0 Å². The summed E-state index contributed by atoms with van der Waals surface area (Å²) in [7, 11) is 0. The van der Waals surface area contributed by atoms with E-state index >= 15 is 0 Å². The summed E-state index contributed by atoms with van der Waals surface area (Å²) in [6.45, 7) is 7.03. The van der Waals surface area contributed by atoms with Crippen LogP contribution in [0.2, 0.25) is 0 Å². The van der Waals surface area contributed by atoms with Gasteiger partial charge in [0, 0.05) is 19.3 Å². The average molecular weight is 403 g/mol. The number of hydrogen-bond acceptors (Lipinski definition) is 4. The maximum absolute atomic E-state index is 12.9. The molecule has 0 spiro atoms. The number of aromatic nitrogens is 2. The van der Waals surface area contributed by atoms with Gasteiger partial charge in [-0.3, -0.25) is 19.6 Å². The molecule has 5 fully saturated rings. The molecule has 1 aromatic rings. The quantitative estimate of drug-likeness (QED) is 0.604. The van der Waals surface area contributed by atoms with E-state index in [-0.39, 0.29) is 18.1 Å². The Bertz CT molecular complexity index is 804. The van der Waals surface area contributed by atoms with Gasteiger partial charge in [0.05, 0.1) is 36.6 Å². The van der Waals surface area contributed by atoms with Crippen LogP contribution in [-0.4, -0.2) is 57.2 Å². The van der Waals surface area contributed by atoms with Crippen molar-refractivity contribution in [3.63, 3.8) is 0 Å². The van der Waals surface area contributed by atoms with Crippen LogP contribution in [0.4, 0.5) is 5.69 Å². The monoisotopic (exact) mass is 402 g/mol. The van der Waals surface area contributed by atoms with Crippen LogP contribution in [0.15, 0.2) is 0 Å². The molecule has 0 unspecified atom stereocenters. The van der Waals surface area contributed by atoms with Gasteiger partial charge in [-0.25, -0.2) is 0 Å². The Hall–Kier alpha value is -1.96. The van der Waals surface area contributed by atoms with Gasteiger partial charge in [0.2, 0.25) is 5.91 Å². The van der Waals surface area contributed by atoms with Crippen molar-refractivity contribution in [1.82, 2.24) is 14.7 Å². The van der Waals surface area contributed by atoms with Crippen LogP contribution in [0, 0.1) is 41.7 Å². The fraction of sp³-hybridized carbons (Fsp3) is 0.810. The molecule has 1 saturated heterocycles. The van der Waals surface area contributed by atoms with Gasteiger partial charge >= 0.3 is 5.69 Å². The van der Waals surface area contributed by atoms with E-state index in [1.54, 1.807) is 18.7 Å². The number of nitrogens with zero attached hydrogens (tertiary/aromatic N) is 4. The van der Waals surface area contributed by atoms with Gasteiger partial charge in [-0.15, -0.1) is 0 Å². The molecular weight excluding hydrogens is 370 g/mol. The van der Waals surface area contributed by atoms with Gasteiger partial charge in [0.25, 0.3) is 0 Å². The summed E-state index contributed by atoms with van der Waals surface area (Å²) < 4.78 is 1.49. The van der Waals surface area contributed by atoms with Gasteiger partial charge in [0.15, 0.2) is 0 Å². The Labute approximate surface area is 171 Å². The standard InChI is InChI=1S/C21H31N5O3/c1-14-20(26(28)29)15(2)25(22-14)13-19(27)23-3-5-24(6-4-23)21-10-16-7-17(11-21)9-18(8-16)12-21/h16-18H,3-13H2,1-2H3/p+1. The molecule has 4 bridgehead atoms. The summed E-state index contributed by atoms with van der Waals surface area (Å²) in [6, 6.07) is 0. The second-order valence-corrected chi connectivity index (χ2v) is 10.1. The molecule has 4 aliphatic carbocycles. The van der Waals surface area contributed by atoms with Crippen molar-refractivity contribution < 1.29 is 14.6 Å². The molecule has 2 heterocycles. The molecule has 5 aliphatic rings. The minimum atomic E-state index is -0.410. The molecule has 0 atom stereocenters. The van der Waals surface area contributed by atoms with Crippen molar-refractivity contribution in [3.8, 4) is 0 Å². The lowest BCUT2D eigenvalue weighted by atomic mass is 9.52. The molecule has 1 aliphatic heterocycles. The van der Waals surface area contributed by atoms with Crippen LogP contribution in [0.5, 0.6) is 0 Å². The minimum absolute atomic E-state index is 0.0221. The first kappa shape index (κ1) is 19.0. The van der Waals surface area contributed by atoms with Gasteiger partial charge in [-0.2, -0.15) is 5.10 Å². The van der Waals surface area contributed by atoms with E-state index in [1.807, 2.05) is 4.90 Å². The molecule has 1 N–H and O–H groups in total. The first-order valence-corrected chi connectivity index (χ1v) is 11.2. The maximum atomic E-state index is 12.9. The van der Waals surface area contributed by atoms with Gasteiger partial charge in [0.1, 0.15) is 17.9 Å². The van der Waals surface area contributed by atoms with E-state index < -0.39 is 4.92 Å². The molecular formula is C21H32N5O3+. The lowest BCUT2D eigenvalue weighted by Crippen LogP contribution is -3.23. The van der Waals surface area contributed by atoms with Crippen molar-refractivity contribution >= 4 is 11.6 Å². The van der Waals surface area contributed by atoms with Crippen LogP contribution in [-0.2, 0) is 11.3 Å². The number of nitro groups is 1. The molecule has 4 saturated carbocycles. The molecule has 1 amide bonds. The number of nitrogens with one attached hydrogen (secondary N) is 1. The SMILES string of the molecule is Cc1nn(CC(=O)N2CC[NH+](C34CC5CC(CC(C5)C3)C4)CC2)c(C)c1[N+](=O)[O-]. The van der Waals surface area contributed by atoms with Crippen LogP contribution in [0.25, 0.3) is 0 Å². The van der Waals surface area contributed by atoms with Crippen molar-refractivity contribution in [2.45, 2.75) is 64.5 Å². The third-order valence-corrected chi connectivity index (χ3v) is 8.32. The highest BCUT2D eigenvalue weighted by Crippen LogP contribution is 2.54. The van der Waals surface area contributed by atoms with Gasteiger partial charge < -0.3 is 9.80 Å². The minimum Gasteiger partial charge on any atom is -0.330 e. The van der Waals surface area contributed by atoms with Crippen molar-refractivity contribution in [2.75, 3.05) is 26.2 Å². The Morgan fingerprint density at radius 3 is 2.17 bits per heavy atom. The zero-order chi connectivity index (χ0) is 20.3. The average Bonchev–Trinajstić information content (AvgIpc) is 2.94. The van der Waals surface area contributed by atoms with E-state index in [0.717, 1.165) is 43.9 Å². The molecule has 1 aromatic heterocycles. The molecule has 6 rings (SSSR count). The van der Waals surface area contributed by atoms with Crippen molar-refractivity contribution in [3.05, 3.63) is 21.5 Å². The summed E-state index contributed by atoms with van der Waals surface area (Å²) >= 11 is 0. The number of quaternary nitrogens is 1. The number of carbonyl (C=O) groups excluding carboxylic acids is 1. The first-order valence-electron chi connectivity index (χ1n) is 11.2. The lowest BCUT2D eigenvalue weighted by molar-refractivity contribution is -0.962. The zero-order valence-electron chi connectivity index (χ0n) is 17.5. The number of aryl methyl sites for hydroxylation is 1. The highest BCUT2D eigenvalue weighted by molar-refractivity contribution is 5.76. The van der Waals surface area contributed by atoms with E-state index in [0.29, 0.717) is 16.9 Å². The predicted octanol–water partition coefficient (Wildman–Crippen LogP) is 1.10. The van der Waals surface area contributed by atoms with E-state index in [9.17, 15) is 14.9 Å². The van der Waals surface area contributed by atoms with Crippen LogP contribution in [0.3, 0.4) is 0 Å². The Morgan fingerprint density at radius 1 is 1.14 bits per heavy atom. The highest BCUT2D eigenvalue weighted by atomic mass is 16.6. The fourth-order valence-corrected chi connectivity index (χ4v) is 7.43. The lowest BCUT2D eigenvalue weighted by Gasteiger charge is -2.59. The largest absolute Gasteiger partial charge is 0.330 e. The maximum Gasteiger partial charge on any atom is 0.312 e. The van der Waals surface area contributed by atoms with Crippen LogP contribution < -0.4 is 4.90 Å². The summed E-state index contributed by atoms with van der Waals surface area (Å²) in [5.74, 6) is 2.88. The third-order valence-electron chi connectivity index (χ3n) is 8.32. The first-order chi connectivity index (χ1) is 13.8. The molecule has 8 nitrogen and oxygen atoms in total. The third kappa shape index (κ3) is 3.16. The molecule has 0 radical (unpaired) electrons. The number of hydrogen-bond donors (Lipinski definition) is 1. The Morgan fingerprint density at radius 2 is 1.69 bits per heavy atom. The predicted molar refractivity (Wildman–Crippen MR) is 107 cm³/mol. The topological polar surface area (TPSA) is 85.7 Å². The van der Waals surface area contributed by atoms with Gasteiger partial charge in [-0.05, 0) is 50.9 Å². The smallest absolute Gasteiger partial charge is 0.312 e. The summed E-state index contributed by atoms with van der Waals surface area (Å²) in [5, 5.41) is 15.4. The summed E-state index contributed by atoms with van der Waals surface area (Å²) in [6.07, 6.45) is 8.59.